The molecule has 0 atom stereocenters. The van der Waals surface area contributed by atoms with Crippen LogP contribution in [0.15, 0.2) is 107 Å². The van der Waals surface area contributed by atoms with E-state index < -0.39 is 9.84 Å². The van der Waals surface area contributed by atoms with Crippen LogP contribution in [0.2, 0.25) is 0 Å². The fourth-order valence-corrected chi connectivity index (χ4v) is 4.44. The van der Waals surface area contributed by atoms with Gasteiger partial charge in [0.1, 0.15) is 17.2 Å². The van der Waals surface area contributed by atoms with Crippen LogP contribution in [-0.4, -0.2) is 15.5 Å². The second kappa shape index (κ2) is 10.8. The smallest absolute Gasteiger partial charge is 0.206 e. The van der Waals surface area contributed by atoms with E-state index in [9.17, 15) is 8.42 Å². The normalized spacial score (nSPS) is 10.5. The Kier molecular flexibility index (Phi) is 8.44. The van der Waals surface area contributed by atoms with Gasteiger partial charge in [0.25, 0.3) is 0 Å². The van der Waals surface area contributed by atoms with E-state index in [1.807, 2.05) is 24.3 Å². The molecule has 33 heavy (non-hydrogen) atoms. The molecule has 4 aromatic carbocycles. The van der Waals surface area contributed by atoms with E-state index in [0.29, 0.717) is 17.2 Å². The number of benzene rings is 4. The molecule has 0 unspecified atom stereocenters. The summed E-state index contributed by atoms with van der Waals surface area (Å²) in [6.07, 6.45) is 0. The minimum Gasteiger partial charge on any atom is -0.497 e. The highest BCUT2D eigenvalue weighted by atomic mass is 32.2. The number of ether oxygens (including phenoxy) is 2. The molecule has 172 valence electrons. The maximum absolute atomic E-state index is 12.8. The van der Waals surface area contributed by atoms with Crippen LogP contribution in [0, 0.1) is 6.92 Å². The number of rotatable bonds is 6. The van der Waals surface area contributed by atoms with Crippen molar-refractivity contribution in [2.45, 2.75) is 31.6 Å². The Morgan fingerprint density at radius 2 is 0.909 bits per heavy atom. The van der Waals surface area contributed by atoms with E-state index in [-0.39, 0.29) is 24.6 Å². The fraction of sp³-hybridized carbons (Fsp3) is 0.143. The highest BCUT2D eigenvalue weighted by Gasteiger charge is 2.17. The van der Waals surface area contributed by atoms with Crippen molar-refractivity contribution in [2.24, 2.45) is 0 Å². The van der Waals surface area contributed by atoms with Gasteiger partial charge in [-0.3, -0.25) is 0 Å². The molecule has 5 heteroatoms. The third kappa shape index (κ3) is 5.82. The zero-order valence-corrected chi connectivity index (χ0v) is 18.1. The van der Waals surface area contributed by atoms with Crippen molar-refractivity contribution in [3.63, 3.8) is 0 Å². The van der Waals surface area contributed by atoms with E-state index in [4.69, 9.17) is 9.47 Å². The molecule has 0 N–H and O–H groups in total. The molecule has 4 rings (SSSR count). The maximum Gasteiger partial charge on any atom is 0.206 e. The molecule has 0 aliphatic rings. The van der Waals surface area contributed by atoms with Gasteiger partial charge in [0.05, 0.1) is 16.9 Å². The van der Waals surface area contributed by atoms with E-state index in [2.05, 4.69) is 31.2 Å². The third-order valence-electron chi connectivity index (χ3n) is 4.98. The molecule has 0 heterocycles. The van der Waals surface area contributed by atoms with Gasteiger partial charge in [-0.2, -0.15) is 0 Å². The lowest BCUT2D eigenvalue weighted by molar-refractivity contribution is 0.414. The van der Waals surface area contributed by atoms with Crippen molar-refractivity contribution < 1.29 is 17.9 Å². The van der Waals surface area contributed by atoms with E-state index in [0.717, 1.165) is 11.1 Å². The fourth-order valence-electron chi connectivity index (χ4n) is 3.18. The average Bonchev–Trinajstić information content (AvgIpc) is 2.80. The summed E-state index contributed by atoms with van der Waals surface area (Å²) in [4.78, 5) is 0.424. The van der Waals surface area contributed by atoms with Crippen molar-refractivity contribution in [3.05, 3.63) is 103 Å². The molecule has 0 bridgehead atoms. The zero-order valence-electron chi connectivity index (χ0n) is 17.3. The van der Waals surface area contributed by atoms with Crippen LogP contribution in [0.3, 0.4) is 0 Å². The minimum absolute atomic E-state index is 0. The molecule has 4 nitrogen and oxygen atoms in total. The Labute approximate surface area is 197 Å². The monoisotopic (exact) mass is 462 g/mol. The summed E-state index contributed by atoms with van der Waals surface area (Å²) in [5.41, 5.74) is 3.47. The van der Waals surface area contributed by atoms with Crippen molar-refractivity contribution in [3.8, 4) is 28.4 Å². The summed E-state index contributed by atoms with van der Waals surface area (Å²) in [5.74, 6) is 1.86. The molecular formula is C28H30O4S. The Morgan fingerprint density at radius 3 is 1.33 bits per heavy atom. The molecule has 0 radical (unpaired) electrons. The molecule has 0 saturated heterocycles. The summed E-state index contributed by atoms with van der Waals surface area (Å²) >= 11 is 0. The first-order chi connectivity index (χ1) is 15.0. The van der Waals surface area contributed by atoms with Crippen molar-refractivity contribution in [1.82, 2.24) is 0 Å². The van der Waals surface area contributed by atoms with Crippen LogP contribution in [0.5, 0.6) is 17.2 Å². The van der Waals surface area contributed by atoms with Gasteiger partial charge in [0.2, 0.25) is 9.84 Å². The topological polar surface area (TPSA) is 52.6 Å². The largest absolute Gasteiger partial charge is 0.497 e. The highest BCUT2D eigenvalue weighted by Crippen LogP contribution is 2.28. The second-order valence-corrected chi connectivity index (χ2v) is 9.09. The molecule has 0 aliphatic heterocycles. The van der Waals surface area contributed by atoms with Crippen LogP contribution in [0.4, 0.5) is 0 Å². The first-order valence-electron chi connectivity index (χ1n) is 9.80. The van der Waals surface area contributed by atoms with Gasteiger partial charge >= 0.3 is 0 Å². The van der Waals surface area contributed by atoms with Gasteiger partial charge in [0, 0.05) is 0 Å². The second-order valence-electron chi connectivity index (χ2n) is 7.14. The SMILES string of the molecule is C.C.COc1ccc(S(=O)(=O)c2ccc(Oc3ccc(-c4ccc(C)cc4)cc3)cc2)cc1. The van der Waals surface area contributed by atoms with Gasteiger partial charge in [-0.1, -0.05) is 56.8 Å². The van der Waals surface area contributed by atoms with E-state index >= 15 is 0 Å². The van der Waals surface area contributed by atoms with Gasteiger partial charge in [-0.15, -0.1) is 0 Å². The Bertz CT molecular complexity index is 1260. The molecule has 4 aromatic rings. The summed E-state index contributed by atoms with van der Waals surface area (Å²) < 4.78 is 36.6. The average molecular weight is 463 g/mol. The minimum atomic E-state index is -3.60. The van der Waals surface area contributed by atoms with E-state index in [1.165, 1.54) is 24.8 Å². The summed E-state index contributed by atoms with van der Waals surface area (Å²) in [6, 6.07) is 28.9. The Morgan fingerprint density at radius 1 is 0.545 bits per heavy atom. The predicted molar refractivity (Wildman–Crippen MR) is 135 cm³/mol. The molecule has 0 aromatic heterocycles. The quantitative estimate of drug-likeness (QED) is 0.296. The lowest BCUT2D eigenvalue weighted by Crippen LogP contribution is -2.01. The van der Waals surface area contributed by atoms with E-state index in [1.54, 1.807) is 36.4 Å². The molecule has 0 fully saturated rings. The number of sulfone groups is 1. The number of aryl methyl sites for hydroxylation is 1. The van der Waals surface area contributed by atoms with Gasteiger partial charge in [-0.05, 0) is 78.7 Å². The zero-order chi connectivity index (χ0) is 21.8. The Hall–Kier alpha value is -3.57. The standard InChI is InChI=1S/C26H22O4S.2CH4/c1-19-3-5-20(6-4-19)21-7-9-23(10-8-21)30-24-13-17-26(18-14-24)31(27,28)25-15-11-22(29-2)12-16-25;;/h3-18H,1-2H3;2*1H4. The molecular weight excluding hydrogens is 432 g/mol. The van der Waals surface area contributed by atoms with Crippen LogP contribution >= 0.6 is 0 Å². The first kappa shape index (κ1) is 25.7. The lowest BCUT2D eigenvalue weighted by Gasteiger charge is -2.09. The van der Waals surface area contributed by atoms with Crippen molar-refractivity contribution in [1.29, 1.82) is 0 Å². The number of hydrogen-bond acceptors (Lipinski definition) is 4. The van der Waals surface area contributed by atoms with Gasteiger partial charge in [0.15, 0.2) is 0 Å². The Balaban J connectivity index is 0.00000193. The van der Waals surface area contributed by atoms with Crippen LogP contribution in [-0.2, 0) is 9.84 Å². The highest BCUT2D eigenvalue weighted by molar-refractivity contribution is 7.91. The van der Waals surface area contributed by atoms with Crippen LogP contribution < -0.4 is 9.47 Å². The summed E-state index contributed by atoms with van der Waals surface area (Å²) in [7, 11) is -2.06. The number of hydrogen-bond donors (Lipinski definition) is 0. The predicted octanol–water partition coefficient (Wildman–Crippen LogP) is 7.57. The lowest BCUT2D eigenvalue weighted by atomic mass is 10.0. The molecule has 0 amide bonds. The van der Waals surface area contributed by atoms with Crippen LogP contribution in [0.25, 0.3) is 11.1 Å². The van der Waals surface area contributed by atoms with Gasteiger partial charge in [-0.25, -0.2) is 8.42 Å². The maximum atomic E-state index is 12.8. The number of methoxy groups -OCH3 is 1. The summed E-state index contributed by atoms with van der Waals surface area (Å²) in [6.45, 7) is 2.06. The molecule has 0 aliphatic carbocycles. The first-order valence-corrected chi connectivity index (χ1v) is 11.3. The van der Waals surface area contributed by atoms with Crippen molar-refractivity contribution in [2.75, 3.05) is 7.11 Å². The van der Waals surface area contributed by atoms with Crippen LogP contribution in [0.1, 0.15) is 20.4 Å². The summed E-state index contributed by atoms with van der Waals surface area (Å²) in [5, 5.41) is 0. The molecule has 0 spiro atoms. The van der Waals surface area contributed by atoms with Crippen molar-refractivity contribution >= 4 is 9.84 Å². The molecule has 0 saturated carbocycles. The third-order valence-corrected chi connectivity index (χ3v) is 6.76. The van der Waals surface area contributed by atoms with Gasteiger partial charge < -0.3 is 9.47 Å².